The second-order valence-electron chi connectivity index (χ2n) is 3.20. The normalized spacial score (nSPS) is 63.9. The molecule has 5 atom stereocenters. The number of aliphatic hydroxyl groups is 1. The molecule has 0 amide bonds. The summed E-state index contributed by atoms with van der Waals surface area (Å²) in [5.41, 5.74) is 0. The highest BCUT2D eigenvalue weighted by Crippen LogP contribution is 2.36. The van der Waals surface area contributed by atoms with E-state index in [1.165, 1.54) is 0 Å². The van der Waals surface area contributed by atoms with E-state index in [1.54, 1.807) is 0 Å². The van der Waals surface area contributed by atoms with Gasteiger partial charge in [-0.1, -0.05) is 0 Å². The maximum atomic E-state index is 9.19. The van der Waals surface area contributed by atoms with E-state index in [1.807, 2.05) is 0 Å². The van der Waals surface area contributed by atoms with Crippen molar-refractivity contribution < 1.29 is 9.84 Å². The van der Waals surface area contributed by atoms with Crippen molar-refractivity contribution >= 4 is 0 Å². The monoisotopic (exact) mass is 142 g/mol. The third kappa shape index (κ3) is 0.594. The van der Waals surface area contributed by atoms with E-state index in [4.69, 9.17) is 4.74 Å². The van der Waals surface area contributed by atoms with Crippen molar-refractivity contribution in [3.8, 4) is 0 Å². The van der Waals surface area contributed by atoms with E-state index in [0.29, 0.717) is 12.1 Å². The van der Waals surface area contributed by atoms with Crippen molar-refractivity contribution in [3.63, 3.8) is 0 Å². The molecule has 4 nitrogen and oxygen atoms in total. The van der Waals surface area contributed by atoms with Crippen molar-refractivity contribution in [2.45, 2.75) is 24.6 Å². The van der Waals surface area contributed by atoms with Crippen LogP contribution in [0.5, 0.6) is 0 Å². The van der Waals surface area contributed by atoms with Crippen LogP contribution in [0, 0.1) is 0 Å². The third-order valence-corrected chi connectivity index (χ3v) is 2.41. The van der Waals surface area contributed by atoms with Crippen LogP contribution in [-0.4, -0.2) is 47.7 Å². The molecule has 3 aliphatic heterocycles. The smallest absolute Gasteiger partial charge is 0.173 e. The molecule has 56 valence electrons. The Morgan fingerprint density at radius 1 is 1.60 bits per heavy atom. The maximum absolute atomic E-state index is 9.19. The summed E-state index contributed by atoms with van der Waals surface area (Å²) in [5.74, 6) is 0. The molecule has 0 aromatic rings. The molecule has 0 bridgehead atoms. The molecule has 1 unspecified atom stereocenters. The van der Waals surface area contributed by atoms with Gasteiger partial charge in [0.1, 0.15) is 6.23 Å². The summed E-state index contributed by atoms with van der Waals surface area (Å²) in [6, 6.07) is 0.801. The van der Waals surface area contributed by atoms with Crippen LogP contribution in [0.3, 0.4) is 0 Å². The lowest BCUT2D eigenvalue weighted by molar-refractivity contribution is -0.111. The van der Waals surface area contributed by atoms with Crippen molar-refractivity contribution in [2.24, 2.45) is 0 Å². The fourth-order valence-corrected chi connectivity index (χ4v) is 1.62. The highest BCUT2D eigenvalue weighted by atomic mass is 16.6. The maximum Gasteiger partial charge on any atom is 0.173 e. The third-order valence-electron chi connectivity index (χ3n) is 2.41. The zero-order chi connectivity index (χ0) is 6.72. The van der Waals surface area contributed by atoms with Gasteiger partial charge in [-0.15, -0.1) is 0 Å². The SMILES string of the molecule is O[C@@H]1O[C@H]([C@@H]2CN2)[N@@]2CC12. The van der Waals surface area contributed by atoms with Gasteiger partial charge in [-0.3, -0.25) is 4.90 Å². The zero-order valence-electron chi connectivity index (χ0n) is 5.53. The Bertz CT molecular complexity index is 171. The summed E-state index contributed by atoms with van der Waals surface area (Å²) in [6.07, 6.45) is -0.354. The molecular weight excluding hydrogens is 132 g/mol. The molecule has 2 N–H and O–H groups in total. The fraction of sp³-hybridized carbons (Fsp3) is 1.00. The van der Waals surface area contributed by atoms with E-state index in [-0.39, 0.29) is 6.23 Å². The molecule has 0 saturated carbocycles. The summed E-state index contributed by atoms with van der Waals surface area (Å²) >= 11 is 0. The summed E-state index contributed by atoms with van der Waals surface area (Å²) in [7, 11) is 0. The number of hydrogen-bond acceptors (Lipinski definition) is 4. The van der Waals surface area contributed by atoms with Crippen LogP contribution in [0.4, 0.5) is 0 Å². The standard InChI is InChI=1S/C6H10N2O2/c9-6-4-2-8(4)5(10-6)3-1-7-3/h3-7,9H,1-2H2/t3-,4?,5+,6+,8-/m0/s1. The lowest BCUT2D eigenvalue weighted by Crippen LogP contribution is -2.27. The Morgan fingerprint density at radius 2 is 2.40 bits per heavy atom. The Morgan fingerprint density at radius 3 is 2.80 bits per heavy atom. The molecule has 0 radical (unpaired) electrons. The topological polar surface area (TPSA) is 54.4 Å². The average molecular weight is 142 g/mol. The van der Waals surface area contributed by atoms with Crippen LogP contribution in [-0.2, 0) is 4.74 Å². The number of ether oxygens (including phenoxy) is 1. The van der Waals surface area contributed by atoms with Gasteiger partial charge in [0, 0.05) is 13.1 Å². The minimum atomic E-state index is -0.521. The average Bonchev–Trinajstić information content (AvgIpc) is 2.81. The lowest BCUT2D eigenvalue weighted by Gasteiger charge is -2.11. The second-order valence-corrected chi connectivity index (χ2v) is 3.20. The van der Waals surface area contributed by atoms with Crippen molar-refractivity contribution in [1.82, 2.24) is 10.2 Å². The predicted molar refractivity (Wildman–Crippen MR) is 33.2 cm³/mol. The van der Waals surface area contributed by atoms with Crippen LogP contribution < -0.4 is 5.32 Å². The summed E-state index contributed by atoms with van der Waals surface area (Å²) in [4.78, 5) is 2.19. The van der Waals surface area contributed by atoms with Crippen LogP contribution in [0.15, 0.2) is 0 Å². The molecular formula is C6H10N2O2. The molecule has 0 aromatic carbocycles. The van der Waals surface area contributed by atoms with Gasteiger partial charge in [-0.05, 0) is 0 Å². The Hall–Kier alpha value is -0.160. The van der Waals surface area contributed by atoms with Gasteiger partial charge < -0.3 is 15.2 Å². The first-order valence-electron chi connectivity index (χ1n) is 3.69. The molecule has 3 rings (SSSR count). The number of hydrogen-bond donors (Lipinski definition) is 2. The number of rotatable bonds is 1. The van der Waals surface area contributed by atoms with Crippen molar-refractivity contribution in [1.29, 1.82) is 0 Å². The molecule has 3 heterocycles. The van der Waals surface area contributed by atoms with E-state index < -0.39 is 6.29 Å². The van der Waals surface area contributed by atoms with E-state index in [9.17, 15) is 5.11 Å². The minimum Gasteiger partial charge on any atom is -0.366 e. The molecule has 3 saturated heterocycles. The fourth-order valence-electron chi connectivity index (χ4n) is 1.62. The van der Waals surface area contributed by atoms with Crippen LogP contribution >= 0.6 is 0 Å². The first-order valence-corrected chi connectivity index (χ1v) is 3.69. The summed E-state index contributed by atoms with van der Waals surface area (Å²) in [5, 5.41) is 12.4. The van der Waals surface area contributed by atoms with Crippen molar-refractivity contribution in [3.05, 3.63) is 0 Å². The molecule has 0 aromatic heterocycles. The van der Waals surface area contributed by atoms with Gasteiger partial charge in [0.2, 0.25) is 0 Å². The van der Waals surface area contributed by atoms with E-state index in [0.717, 1.165) is 13.1 Å². The minimum absolute atomic E-state index is 0.167. The largest absolute Gasteiger partial charge is 0.366 e. The number of aliphatic hydroxyl groups excluding tert-OH is 1. The van der Waals surface area contributed by atoms with Gasteiger partial charge >= 0.3 is 0 Å². The first kappa shape index (κ1) is 5.49. The Labute approximate surface area is 58.8 Å². The van der Waals surface area contributed by atoms with E-state index in [2.05, 4.69) is 10.2 Å². The number of fused-ring (bicyclic) bond motifs is 1. The van der Waals surface area contributed by atoms with Crippen molar-refractivity contribution in [2.75, 3.05) is 13.1 Å². The quantitative estimate of drug-likeness (QED) is 0.429. The van der Waals surface area contributed by atoms with Gasteiger partial charge in [0.15, 0.2) is 6.29 Å². The van der Waals surface area contributed by atoms with Crippen LogP contribution in [0.1, 0.15) is 0 Å². The molecule has 3 fully saturated rings. The van der Waals surface area contributed by atoms with Gasteiger partial charge in [0.25, 0.3) is 0 Å². The van der Waals surface area contributed by atoms with E-state index >= 15 is 0 Å². The molecule has 0 aliphatic carbocycles. The Balaban J connectivity index is 1.76. The first-order chi connectivity index (χ1) is 4.86. The molecule has 10 heavy (non-hydrogen) atoms. The van der Waals surface area contributed by atoms with Crippen LogP contribution in [0.25, 0.3) is 0 Å². The van der Waals surface area contributed by atoms with Gasteiger partial charge in [-0.2, -0.15) is 0 Å². The zero-order valence-corrected chi connectivity index (χ0v) is 5.53. The molecule has 3 aliphatic rings. The number of nitrogens with one attached hydrogen (secondary N) is 1. The van der Waals surface area contributed by atoms with Crippen LogP contribution in [0.2, 0.25) is 0 Å². The van der Waals surface area contributed by atoms with Gasteiger partial charge in [0.05, 0.1) is 12.1 Å². The molecule has 4 heteroatoms. The highest BCUT2D eigenvalue weighted by molar-refractivity contribution is 5.06. The lowest BCUT2D eigenvalue weighted by atomic mass is 10.4. The Kier molecular flexibility index (Phi) is 0.840. The summed E-state index contributed by atoms with van der Waals surface area (Å²) < 4.78 is 5.27. The summed E-state index contributed by atoms with van der Waals surface area (Å²) in [6.45, 7) is 2.06. The number of nitrogens with zero attached hydrogens (tertiary/aromatic N) is 1. The van der Waals surface area contributed by atoms with Gasteiger partial charge in [-0.25, -0.2) is 0 Å². The molecule has 0 spiro atoms. The highest BCUT2D eigenvalue weighted by Gasteiger charge is 2.57. The second kappa shape index (κ2) is 1.53. The predicted octanol–water partition coefficient (Wildman–Crippen LogP) is -1.68.